The summed E-state index contributed by atoms with van der Waals surface area (Å²) in [6, 6.07) is 28.2. The molecule has 0 aliphatic carbocycles. The quantitative estimate of drug-likeness (QED) is 0.135. The molecule has 2 atom stereocenters. The van der Waals surface area contributed by atoms with Gasteiger partial charge in [0, 0.05) is 49.8 Å². The van der Waals surface area contributed by atoms with Crippen molar-refractivity contribution < 1.29 is 14.3 Å². The van der Waals surface area contributed by atoms with Crippen LogP contribution >= 0.6 is 0 Å². The minimum Gasteiger partial charge on any atom is -0.444 e. The third-order valence-electron chi connectivity index (χ3n) is 8.88. The van der Waals surface area contributed by atoms with Crippen LogP contribution in [0.2, 0.25) is 0 Å². The van der Waals surface area contributed by atoms with Crippen molar-refractivity contribution in [3.63, 3.8) is 0 Å². The lowest BCUT2D eigenvalue weighted by Gasteiger charge is -2.28. The number of rotatable bonds is 6. The Morgan fingerprint density at radius 2 is 1.66 bits per heavy atom. The number of aromatic nitrogens is 4. The van der Waals surface area contributed by atoms with Gasteiger partial charge in [0.25, 0.3) is 0 Å². The van der Waals surface area contributed by atoms with Crippen molar-refractivity contribution in [3.8, 4) is 11.8 Å². The van der Waals surface area contributed by atoms with E-state index >= 15 is 0 Å². The maximum atomic E-state index is 13.4. The number of aliphatic imine (C=N–C) groups is 1. The number of pyridine rings is 1. The molecule has 0 saturated carbocycles. The van der Waals surface area contributed by atoms with Gasteiger partial charge in [-0.15, -0.1) is 0 Å². The highest BCUT2D eigenvalue weighted by Crippen LogP contribution is 2.37. The number of hydrogen-bond acceptors (Lipinski definition) is 6. The fraction of sp³-hybridized carbons (Fsp3) is 0.268. The highest BCUT2D eigenvalue weighted by atomic mass is 16.6. The van der Waals surface area contributed by atoms with Crippen molar-refractivity contribution in [2.24, 2.45) is 12.0 Å². The topological polar surface area (TPSA) is 86.8 Å². The van der Waals surface area contributed by atoms with Gasteiger partial charge in [-0.05, 0) is 51.5 Å². The van der Waals surface area contributed by atoms with E-state index < -0.39 is 5.60 Å². The predicted octanol–water partition coefficient (Wildman–Crippen LogP) is 7.69. The molecule has 4 heterocycles. The molecule has 0 bridgehead atoms. The van der Waals surface area contributed by atoms with Gasteiger partial charge in [0.2, 0.25) is 0 Å². The zero-order valence-corrected chi connectivity index (χ0v) is 29.0. The van der Waals surface area contributed by atoms with Crippen molar-refractivity contribution in [2.75, 3.05) is 20.3 Å². The number of carbonyl (C=O) groups is 1. The summed E-state index contributed by atoms with van der Waals surface area (Å²) in [5, 5.41) is 0.849. The average molecular weight is 665 g/mol. The second kappa shape index (κ2) is 13.7. The fourth-order valence-electron chi connectivity index (χ4n) is 6.60. The normalized spacial score (nSPS) is 16.0. The third kappa shape index (κ3) is 6.75. The van der Waals surface area contributed by atoms with E-state index in [9.17, 15) is 4.79 Å². The number of nitrogens with zero attached hydrogens (tertiary/aromatic N) is 6. The first-order valence-corrected chi connectivity index (χ1v) is 16.8. The Morgan fingerprint density at radius 1 is 0.940 bits per heavy atom. The summed E-state index contributed by atoms with van der Waals surface area (Å²) in [6.07, 6.45) is 6.04. The van der Waals surface area contributed by atoms with Crippen molar-refractivity contribution in [1.82, 2.24) is 24.0 Å². The summed E-state index contributed by atoms with van der Waals surface area (Å²) in [5.74, 6) is 7.43. The van der Waals surface area contributed by atoms with Crippen LogP contribution < -0.4 is 0 Å². The van der Waals surface area contributed by atoms with Crippen LogP contribution in [0.5, 0.6) is 0 Å². The minimum absolute atomic E-state index is 0.0486. The lowest BCUT2D eigenvalue weighted by atomic mass is 10.0. The van der Waals surface area contributed by atoms with Crippen molar-refractivity contribution in [1.29, 1.82) is 0 Å². The van der Waals surface area contributed by atoms with Crippen LogP contribution in [0.15, 0.2) is 109 Å². The van der Waals surface area contributed by atoms with Gasteiger partial charge in [-0.3, -0.25) is 0 Å². The molecule has 1 amide bonds. The summed E-state index contributed by atoms with van der Waals surface area (Å²) in [5.41, 5.74) is 6.71. The van der Waals surface area contributed by atoms with Crippen LogP contribution in [-0.2, 0) is 16.5 Å². The number of methoxy groups -OCH3 is 1. The Bertz CT molecular complexity index is 2210. The van der Waals surface area contributed by atoms with Gasteiger partial charge in [-0.25, -0.2) is 19.8 Å². The van der Waals surface area contributed by atoms with Crippen LogP contribution in [-0.4, -0.2) is 67.7 Å². The molecule has 3 aromatic heterocycles. The molecule has 1 aliphatic rings. The second-order valence-electron chi connectivity index (χ2n) is 13.6. The molecular weight excluding hydrogens is 624 g/mol. The standard InChI is InChI=1S/C41H40N6O3/c1-41(2,3)50-40(48)47-25-32(23-33(47)26-49-5)46-24-31(18-16-28-17-19-35-34(22-28)43-27-45(35)4)37-36(46)20-21-42-39(37)44-38(29-12-8-6-9-13-29)30-14-10-7-11-15-30/h6-15,17,19-22,24,27,32-33H,23,25-26H2,1-5H3/t32-,33+/m0/s1. The van der Waals surface area contributed by atoms with E-state index in [1.165, 1.54) is 0 Å². The fourth-order valence-corrected chi connectivity index (χ4v) is 6.60. The molecule has 7 rings (SSSR count). The SMILES string of the molecule is COC[C@H]1C[C@H](n2cc(C#Cc3ccc4c(c3)ncn4C)c3c(N=C(c4ccccc4)c4ccccc4)nccc32)CN1C(=O)OC(C)(C)C. The number of ether oxygens (including phenoxy) is 2. The molecule has 0 radical (unpaired) electrons. The summed E-state index contributed by atoms with van der Waals surface area (Å²) in [4.78, 5) is 29.8. The van der Waals surface area contributed by atoms with Crippen LogP contribution in [0.1, 0.15) is 55.5 Å². The van der Waals surface area contributed by atoms with Crippen LogP contribution in [0.3, 0.4) is 0 Å². The van der Waals surface area contributed by atoms with Gasteiger partial charge >= 0.3 is 6.09 Å². The number of amides is 1. The van der Waals surface area contributed by atoms with Crippen LogP contribution in [0.25, 0.3) is 21.9 Å². The van der Waals surface area contributed by atoms with Gasteiger partial charge in [0.1, 0.15) is 5.60 Å². The number of benzene rings is 3. The van der Waals surface area contributed by atoms with Gasteiger partial charge in [0.05, 0.1) is 58.2 Å². The van der Waals surface area contributed by atoms with E-state index in [0.29, 0.717) is 25.4 Å². The lowest BCUT2D eigenvalue weighted by molar-refractivity contribution is 0.0146. The Kier molecular flexibility index (Phi) is 8.96. The van der Waals surface area contributed by atoms with Gasteiger partial charge in [-0.2, -0.15) is 0 Å². The smallest absolute Gasteiger partial charge is 0.410 e. The summed E-state index contributed by atoms with van der Waals surface area (Å²) in [7, 11) is 3.64. The Hall–Kier alpha value is -5.72. The number of imidazole rings is 1. The first-order valence-electron chi connectivity index (χ1n) is 16.8. The number of aryl methyl sites for hydroxylation is 1. The number of fused-ring (bicyclic) bond motifs is 2. The largest absolute Gasteiger partial charge is 0.444 e. The van der Waals surface area contributed by atoms with E-state index in [4.69, 9.17) is 19.5 Å². The molecule has 50 heavy (non-hydrogen) atoms. The van der Waals surface area contributed by atoms with Gasteiger partial charge < -0.3 is 23.5 Å². The zero-order valence-electron chi connectivity index (χ0n) is 29.0. The molecule has 1 saturated heterocycles. The molecule has 0 N–H and O–H groups in total. The summed E-state index contributed by atoms with van der Waals surface area (Å²) >= 11 is 0. The Labute approximate surface area is 292 Å². The van der Waals surface area contributed by atoms with Crippen molar-refractivity contribution in [3.05, 3.63) is 126 Å². The van der Waals surface area contributed by atoms with Crippen molar-refractivity contribution >= 4 is 39.6 Å². The Balaban J connectivity index is 1.38. The minimum atomic E-state index is -0.609. The Morgan fingerprint density at radius 3 is 2.34 bits per heavy atom. The highest BCUT2D eigenvalue weighted by Gasteiger charge is 2.39. The van der Waals surface area contributed by atoms with E-state index in [0.717, 1.165) is 49.9 Å². The molecular formula is C41H40N6O3. The molecule has 0 spiro atoms. The summed E-state index contributed by atoms with van der Waals surface area (Å²) in [6.45, 7) is 6.53. The van der Waals surface area contributed by atoms with Gasteiger partial charge in [0.15, 0.2) is 5.82 Å². The third-order valence-corrected chi connectivity index (χ3v) is 8.88. The van der Waals surface area contributed by atoms with E-state index in [1.54, 1.807) is 18.2 Å². The van der Waals surface area contributed by atoms with Crippen LogP contribution in [0, 0.1) is 11.8 Å². The van der Waals surface area contributed by atoms with E-state index in [2.05, 4.69) is 51.9 Å². The second-order valence-corrected chi connectivity index (χ2v) is 13.6. The molecule has 1 fully saturated rings. The molecule has 0 unspecified atom stereocenters. The predicted molar refractivity (Wildman–Crippen MR) is 197 cm³/mol. The first-order chi connectivity index (χ1) is 24.2. The molecule has 1 aliphatic heterocycles. The van der Waals surface area contributed by atoms with Gasteiger partial charge in [-0.1, -0.05) is 72.5 Å². The molecule has 9 heteroatoms. The first kappa shape index (κ1) is 32.8. The monoisotopic (exact) mass is 664 g/mol. The molecule has 252 valence electrons. The molecule has 9 nitrogen and oxygen atoms in total. The maximum Gasteiger partial charge on any atom is 0.410 e. The number of carbonyl (C=O) groups excluding carboxylic acids is 1. The van der Waals surface area contributed by atoms with E-state index in [1.807, 2.05) is 99.4 Å². The van der Waals surface area contributed by atoms with E-state index in [-0.39, 0.29) is 18.2 Å². The average Bonchev–Trinajstić information content (AvgIpc) is 3.82. The number of hydrogen-bond donors (Lipinski definition) is 0. The summed E-state index contributed by atoms with van der Waals surface area (Å²) < 4.78 is 15.6. The maximum absolute atomic E-state index is 13.4. The zero-order chi connectivity index (χ0) is 34.8. The van der Waals surface area contributed by atoms with Crippen LogP contribution in [0.4, 0.5) is 10.6 Å². The molecule has 3 aromatic carbocycles. The molecule has 6 aromatic rings. The highest BCUT2D eigenvalue weighted by molar-refractivity contribution is 6.15. The van der Waals surface area contributed by atoms with Crippen molar-refractivity contribution in [2.45, 2.75) is 44.9 Å². The number of likely N-dealkylation sites (tertiary alicyclic amines) is 1. The lowest BCUT2D eigenvalue weighted by Crippen LogP contribution is -2.41.